The molecule has 0 aliphatic heterocycles. The minimum Gasteiger partial charge on any atom is -0.365 e. The summed E-state index contributed by atoms with van der Waals surface area (Å²) < 4.78 is 24.1. The van der Waals surface area contributed by atoms with Crippen molar-refractivity contribution in [2.24, 2.45) is 12.2 Å². The highest BCUT2D eigenvalue weighted by molar-refractivity contribution is 7.89. The van der Waals surface area contributed by atoms with Gasteiger partial charge in [0.05, 0.1) is 16.5 Å². The van der Waals surface area contributed by atoms with Crippen LogP contribution in [-0.4, -0.2) is 28.2 Å². The van der Waals surface area contributed by atoms with E-state index in [-0.39, 0.29) is 10.2 Å². The molecule has 0 fully saturated rings. The second-order valence-electron chi connectivity index (χ2n) is 4.89. The molecule has 0 saturated carbocycles. The van der Waals surface area contributed by atoms with Crippen molar-refractivity contribution in [1.82, 2.24) is 19.7 Å². The molecule has 0 saturated heterocycles. The van der Waals surface area contributed by atoms with Crippen LogP contribution in [0.1, 0.15) is 5.56 Å². The van der Waals surface area contributed by atoms with Crippen molar-refractivity contribution in [2.45, 2.75) is 11.4 Å². The predicted molar refractivity (Wildman–Crippen MR) is 86.5 cm³/mol. The van der Waals surface area contributed by atoms with Crippen LogP contribution in [0.3, 0.4) is 0 Å². The molecule has 3 N–H and O–H groups in total. The minimum atomic E-state index is -3.69. The molecule has 0 spiro atoms. The molecule has 3 aromatic rings. The average Bonchev–Trinajstić information content (AvgIpc) is 2.86. The quantitative estimate of drug-likeness (QED) is 0.683. The Morgan fingerprint density at radius 1 is 1.26 bits per heavy atom. The molecule has 10 heteroatoms. The van der Waals surface area contributed by atoms with Crippen LogP contribution in [0.2, 0.25) is 5.28 Å². The summed E-state index contributed by atoms with van der Waals surface area (Å²) >= 11 is 5.92. The standard InChI is InChI=1S/C13H13ClN6O2S/c1-20-12-10(7-17-20)11(18-13(14)19-12)16-6-8-2-4-9(5-3-8)23(15,21)22/h2-5,7H,6H2,1H3,(H2,15,21,22)(H,16,18,19). The summed E-state index contributed by atoms with van der Waals surface area (Å²) in [6.07, 6.45) is 1.65. The van der Waals surface area contributed by atoms with E-state index < -0.39 is 10.0 Å². The van der Waals surface area contributed by atoms with Crippen LogP contribution in [0.15, 0.2) is 35.4 Å². The fraction of sp³-hybridized carbons (Fsp3) is 0.154. The van der Waals surface area contributed by atoms with Crippen LogP contribution >= 0.6 is 11.6 Å². The number of hydrogen-bond donors (Lipinski definition) is 2. The number of halogens is 1. The van der Waals surface area contributed by atoms with E-state index in [0.717, 1.165) is 10.9 Å². The molecule has 0 atom stereocenters. The third kappa shape index (κ3) is 3.26. The number of anilines is 1. The van der Waals surface area contributed by atoms with Gasteiger partial charge >= 0.3 is 0 Å². The van der Waals surface area contributed by atoms with Gasteiger partial charge in [0.25, 0.3) is 0 Å². The lowest BCUT2D eigenvalue weighted by Crippen LogP contribution is -2.12. The van der Waals surface area contributed by atoms with Crippen molar-refractivity contribution in [3.05, 3.63) is 41.3 Å². The normalized spacial score (nSPS) is 11.8. The fourth-order valence-corrected chi connectivity index (χ4v) is 2.79. The molecule has 0 bridgehead atoms. The molecule has 1 aromatic carbocycles. The first-order valence-electron chi connectivity index (χ1n) is 6.55. The van der Waals surface area contributed by atoms with E-state index in [9.17, 15) is 8.42 Å². The highest BCUT2D eigenvalue weighted by Crippen LogP contribution is 2.22. The number of primary sulfonamides is 1. The fourth-order valence-electron chi connectivity index (χ4n) is 2.11. The van der Waals surface area contributed by atoms with Gasteiger partial charge in [0.15, 0.2) is 5.65 Å². The van der Waals surface area contributed by atoms with Gasteiger partial charge in [-0.25, -0.2) is 13.6 Å². The van der Waals surface area contributed by atoms with Gasteiger partial charge in [-0.05, 0) is 29.3 Å². The van der Waals surface area contributed by atoms with Gasteiger partial charge in [0.2, 0.25) is 15.3 Å². The number of fused-ring (bicyclic) bond motifs is 1. The van der Waals surface area contributed by atoms with Crippen molar-refractivity contribution in [2.75, 3.05) is 5.32 Å². The monoisotopic (exact) mass is 352 g/mol. The van der Waals surface area contributed by atoms with Crippen molar-refractivity contribution in [3.63, 3.8) is 0 Å². The van der Waals surface area contributed by atoms with Gasteiger partial charge < -0.3 is 5.32 Å². The van der Waals surface area contributed by atoms with Gasteiger partial charge in [0, 0.05) is 13.6 Å². The Kier molecular flexibility index (Phi) is 3.92. The SMILES string of the molecule is Cn1ncc2c(NCc3ccc(S(N)(=O)=O)cc3)nc(Cl)nc21. The number of nitrogens with zero attached hydrogens (tertiary/aromatic N) is 4. The third-order valence-corrected chi connectivity index (χ3v) is 4.37. The Hall–Kier alpha value is -2.23. The Labute approximate surface area is 137 Å². The van der Waals surface area contributed by atoms with E-state index in [1.54, 1.807) is 30.1 Å². The number of benzene rings is 1. The largest absolute Gasteiger partial charge is 0.365 e. The van der Waals surface area contributed by atoms with Gasteiger partial charge in [-0.15, -0.1) is 0 Å². The van der Waals surface area contributed by atoms with E-state index >= 15 is 0 Å². The zero-order valence-corrected chi connectivity index (χ0v) is 13.6. The van der Waals surface area contributed by atoms with Crippen LogP contribution in [0.25, 0.3) is 11.0 Å². The van der Waals surface area contributed by atoms with Crippen molar-refractivity contribution in [1.29, 1.82) is 0 Å². The first kappa shape index (κ1) is 15.7. The number of aryl methyl sites for hydroxylation is 1. The molecule has 0 amide bonds. The van der Waals surface area contributed by atoms with Crippen molar-refractivity contribution in [3.8, 4) is 0 Å². The van der Waals surface area contributed by atoms with Crippen molar-refractivity contribution < 1.29 is 8.42 Å². The molecular weight excluding hydrogens is 340 g/mol. The molecule has 8 nitrogen and oxygen atoms in total. The predicted octanol–water partition coefficient (Wildman–Crippen LogP) is 1.28. The van der Waals surface area contributed by atoms with E-state index in [1.165, 1.54) is 12.1 Å². The Balaban J connectivity index is 1.84. The zero-order valence-electron chi connectivity index (χ0n) is 12.1. The summed E-state index contributed by atoms with van der Waals surface area (Å²) in [5, 5.41) is 13.2. The maximum Gasteiger partial charge on any atom is 0.238 e. The summed E-state index contributed by atoms with van der Waals surface area (Å²) in [4.78, 5) is 8.35. The van der Waals surface area contributed by atoms with E-state index in [1.807, 2.05) is 0 Å². The molecule has 0 aliphatic carbocycles. The number of aromatic nitrogens is 4. The lowest BCUT2D eigenvalue weighted by Gasteiger charge is -2.08. The molecular formula is C13H13ClN6O2S. The minimum absolute atomic E-state index is 0.0704. The van der Waals surface area contributed by atoms with Crippen LogP contribution in [0.5, 0.6) is 0 Å². The summed E-state index contributed by atoms with van der Waals surface area (Å²) in [5.41, 5.74) is 1.49. The highest BCUT2D eigenvalue weighted by atomic mass is 35.5. The van der Waals surface area contributed by atoms with Gasteiger partial charge in [-0.3, -0.25) is 4.68 Å². The summed E-state index contributed by atoms with van der Waals surface area (Å²) in [7, 11) is -1.92. The first-order valence-corrected chi connectivity index (χ1v) is 8.48. The van der Waals surface area contributed by atoms with Gasteiger partial charge in [-0.1, -0.05) is 12.1 Å². The molecule has 0 radical (unpaired) electrons. The van der Waals surface area contributed by atoms with Crippen LogP contribution in [0, 0.1) is 0 Å². The van der Waals surface area contributed by atoms with E-state index in [2.05, 4.69) is 20.4 Å². The average molecular weight is 353 g/mol. The second kappa shape index (κ2) is 5.76. The zero-order chi connectivity index (χ0) is 16.6. The molecule has 2 heterocycles. The topological polar surface area (TPSA) is 116 Å². The first-order chi connectivity index (χ1) is 10.8. The number of hydrogen-bond acceptors (Lipinski definition) is 6. The molecule has 0 aliphatic rings. The maximum absolute atomic E-state index is 11.2. The molecule has 2 aromatic heterocycles. The maximum atomic E-state index is 11.2. The lowest BCUT2D eigenvalue weighted by atomic mass is 10.2. The van der Waals surface area contributed by atoms with E-state index in [0.29, 0.717) is 18.0 Å². The Morgan fingerprint density at radius 2 is 1.96 bits per heavy atom. The lowest BCUT2D eigenvalue weighted by molar-refractivity contribution is 0.598. The number of sulfonamides is 1. The van der Waals surface area contributed by atoms with Crippen molar-refractivity contribution >= 4 is 38.5 Å². The summed E-state index contributed by atoms with van der Waals surface area (Å²) in [6, 6.07) is 6.27. The summed E-state index contributed by atoms with van der Waals surface area (Å²) in [6.45, 7) is 0.433. The number of nitrogens with two attached hydrogens (primary N) is 1. The van der Waals surface area contributed by atoms with Gasteiger partial charge in [-0.2, -0.15) is 15.1 Å². The van der Waals surface area contributed by atoms with Crippen LogP contribution in [-0.2, 0) is 23.6 Å². The van der Waals surface area contributed by atoms with Crippen LogP contribution < -0.4 is 10.5 Å². The second-order valence-corrected chi connectivity index (χ2v) is 6.79. The Bertz CT molecular complexity index is 968. The molecule has 0 unspecified atom stereocenters. The highest BCUT2D eigenvalue weighted by Gasteiger charge is 2.11. The molecule has 3 rings (SSSR count). The van der Waals surface area contributed by atoms with Gasteiger partial charge in [0.1, 0.15) is 5.82 Å². The molecule has 120 valence electrons. The van der Waals surface area contributed by atoms with Crippen LogP contribution in [0.4, 0.5) is 5.82 Å². The summed E-state index contributed by atoms with van der Waals surface area (Å²) in [5.74, 6) is 0.559. The smallest absolute Gasteiger partial charge is 0.238 e. The molecule has 23 heavy (non-hydrogen) atoms. The number of rotatable bonds is 4. The van der Waals surface area contributed by atoms with E-state index in [4.69, 9.17) is 16.7 Å². The third-order valence-electron chi connectivity index (χ3n) is 3.28. The Morgan fingerprint density at radius 3 is 2.61 bits per heavy atom. The number of nitrogens with one attached hydrogen (secondary N) is 1.